The molecule has 0 saturated carbocycles. The SMILES string of the molecule is CCCCCCCCOc1cccc(-c2nc3c(Br)c(F)[n+](F)c(Br)c3nc2-c2cccc(OCCCCCCCC)c2)c1. The van der Waals surface area contributed by atoms with Gasteiger partial charge >= 0.3 is 10.6 Å². The Kier molecular flexibility index (Phi) is 13.8. The lowest BCUT2D eigenvalue weighted by Gasteiger charge is -2.13. The Hall–Kier alpha value is -2.65. The van der Waals surface area contributed by atoms with Crippen LogP contribution in [0, 0.1) is 5.95 Å². The molecule has 0 bridgehead atoms. The van der Waals surface area contributed by atoms with Crippen molar-refractivity contribution in [3.8, 4) is 34.0 Å². The first-order valence-corrected chi connectivity index (χ1v) is 17.5. The van der Waals surface area contributed by atoms with E-state index < -0.39 is 5.95 Å². The van der Waals surface area contributed by atoms with Crippen LogP contribution in [-0.2, 0) is 0 Å². The van der Waals surface area contributed by atoms with Crippen LogP contribution in [0.3, 0.4) is 0 Å². The molecule has 9 heteroatoms. The van der Waals surface area contributed by atoms with E-state index in [1.54, 1.807) is 0 Å². The summed E-state index contributed by atoms with van der Waals surface area (Å²) < 4.78 is 41.3. The molecule has 0 aliphatic heterocycles. The lowest BCUT2D eigenvalue weighted by Crippen LogP contribution is -2.31. The third-order valence-corrected chi connectivity index (χ3v) is 8.96. The summed E-state index contributed by atoms with van der Waals surface area (Å²) in [6, 6.07) is 15.4. The molecule has 0 amide bonds. The molecule has 2 aromatic heterocycles. The van der Waals surface area contributed by atoms with Gasteiger partial charge in [-0.3, -0.25) is 0 Å². The number of pyridine rings is 1. The third kappa shape index (κ3) is 9.19. The first-order chi connectivity index (χ1) is 21.4. The van der Waals surface area contributed by atoms with E-state index in [0.717, 1.165) is 48.3 Å². The molecular weight excluding hydrogens is 692 g/mol. The van der Waals surface area contributed by atoms with Crippen LogP contribution >= 0.6 is 31.9 Å². The number of fused-ring (bicyclic) bond motifs is 1. The Bertz CT molecular complexity index is 1410. The maximum absolute atomic E-state index is 14.7. The lowest BCUT2D eigenvalue weighted by molar-refractivity contribution is -0.873. The van der Waals surface area contributed by atoms with Gasteiger partial charge in [0.2, 0.25) is 0 Å². The van der Waals surface area contributed by atoms with Gasteiger partial charge < -0.3 is 9.47 Å². The van der Waals surface area contributed by atoms with Crippen molar-refractivity contribution in [2.75, 3.05) is 13.2 Å². The van der Waals surface area contributed by atoms with Crippen LogP contribution in [0.5, 0.6) is 11.5 Å². The zero-order chi connectivity index (χ0) is 31.3. The highest BCUT2D eigenvalue weighted by Crippen LogP contribution is 2.37. The van der Waals surface area contributed by atoms with E-state index in [0.29, 0.717) is 24.6 Å². The molecule has 0 aliphatic rings. The largest absolute Gasteiger partial charge is 0.494 e. The fourth-order valence-corrected chi connectivity index (χ4v) is 5.97. The molecule has 4 rings (SSSR count). The van der Waals surface area contributed by atoms with Gasteiger partial charge in [-0.25, -0.2) is 9.97 Å². The minimum atomic E-state index is -1.10. The summed E-state index contributed by atoms with van der Waals surface area (Å²) >= 11 is 6.37. The molecule has 0 unspecified atom stereocenters. The lowest BCUT2D eigenvalue weighted by atomic mass is 10.0. The Balaban J connectivity index is 1.63. The number of nitrogens with zero attached hydrogens (tertiary/aromatic N) is 3. The average Bonchev–Trinajstić information content (AvgIpc) is 3.05. The number of hydrogen-bond acceptors (Lipinski definition) is 4. The van der Waals surface area contributed by atoms with Crippen molar-refractivity contribution in [1.29, 1.82) is 0 Å². The van der Waals surface area contributed by atoms with E-state index in [4.69, 9.17) is 19.4 Å². The highest BCUT2D eigenvalue weighted by Gasteiger charge is 2.30. The number of unbranched alkanes of at least 4 members (excludes halogenated alkanes) is 10. The van der Waals surface area contributed by atoms with Crippen LogP contribution in [0.2, 0.25) is 0 Å². The zero-order valence-corrected chi connectivity index (χ0v) is 28.9. The van der Waals surface area contributed by atoms with Gasteiger partial charge in [-0.2, -0.15) is 0 Å². The Morgan fingerprint density at radius 2 is 1.11 bits per heavy atom. The average molecular weight is 735 g/mol. The summed E-state index contributed by atoms with van der Waals surface area (Å²) in [4.78, 5) is 9.61. The second-order valence-electron chi connectivity index (χ2n) is 11.1. The van der Waals surface area contributed by atoms with Crippen molar-refractivity contribution in [3.63, 3.8) is 0 Å². The Morgan fingerprint density at radius 3 is 1.61 bits per heavy atom. The standard InChI is InChI=1S/C35H42Br2F2N3O2/c1-3-5-7-9-11-13-21-43-27-19-15-17-25(23-27)30-31(41-33-32(40-30)29(36)35(38)42(39)34(33)37)26-18-16-20-28(24-26)44-22-14-12-10-8-6-4-2/h15-20,23-24H,3-14,21-22H2,1-2H3/q+1. The van der Waals surface area contributed by atoms with Crippen molar-refractivity contribution >= 4 is 42.9 Å². The first kappa shape index (κ1) is 34.2. The second-order valence-corrected chi connectivity index (χ2v) is 12.6. The quantitative estimate of drug-likeness (QED) is 0.0754. The molecular formula is C35H42Br2F2N3O2+. The molecule has 2 heterocycles. The number of benzene rings is 2. The second kappa shape index (κ2) is 17.7. The topological polar surface area (TPSA) is 48.1 Å². The van der Waals surface area contributed by atoms with Gasteiger partial charge in [-0.1, -0.05) is 102 Å². The fourth-order valence-electron chi connectivity index (χ4n) is 5.11. The minimum absolute atomic E-state index is 0.0820. The van der Waals surface area contributed by atoms with Crippen LogP contribution in [-0.4, -0.2) is 23.2 Å². The maximum atomic E-state index is 14.7. The zero-order valence-electron chi connectivity index (χ0n) is 25.7. The molecule has 0 atom stereocenters. The normalized spacial score (nSPS) is 11.3. The number of hydrogen-bond donors (Lipinski definition) is 0. The Morgan fingerprint density at radius 1 is 0.659 bits per heavy atom. The molecule has 5 nitrogen and oxygen atoms in total. The molecule has 0 aliphatic carbocycles. The van der Waals surface area contributed by atoms with Crippen LogP contribution in [0.15, 0.2) is 57.6 Å². The number of halogens is 4. The monoisotopic (exact) mass is 732 g/mol. The molecule has 236 valence electrons. The van der Waals surface area contributed by atoms with E-state index in [1.807, 2.05) is 48.5 Å². The maximum Gasteiger partial charge on any atom is 0.423 e. The summed E-state index contributed by atoms with van der Waals surface area (Å²) in [5, 5.41) is 0. The van der Waals surface area contributed by atoms with E-state index in [-0.39, 0.29) is 24.9 Å². The van der Waals surface area contributed by atoms with Gasteiger partial charge in [0.1, 0.15) is 17.0 Å². The molecule has 0 spiro atoms. The highest BCUT2D eigenvalue weighted by atomic mass is 79.9. The number of aromatic nitrogens is 3. The number of ether oxygens (including phenoxy) is 2. The third-order valence-electron chi connectivity index (χ3n) is 7.57. The van der Waals surface area contributed by atoms with Crippen molar-refractivity contribution in [2.45, 2.75) is 90.9 Å². The van der Waals surface area contributed by atoms with Crippen molar-refractivity contribution in [1.82, 2.24) is 9.97 Å². The minimum Gasteiger partial charge on any atom is -0.494 e. The molecule has 2 aromatic carbocycles. The molecule has 4 aromatic rings. The van der Waals surface area contributed by atoms with Crippen molar-refractivity contribution in [2.24, 2.45) is 0 Å². The van der Waals surface area contributed by atoms with E-state index in [9.17, 15) is 8.87 Å². The van der Waals surface area contributed by atoms with Crippen LogP contribution in [0.25, 0.3) is 33.5 Å². The van der Waals surface area contributed by atoms with Crippen molar-refractivity contribution < 1.29 is 23.1 Å². The van der Waals surface area contributed by atoms with E-state index >= 15 is 0 Å². The van der Waals surface area contributed by atoms with Gasteiger partial charge in [0.05, 0.1) is 33.9 Å². The highest BCUT2D eigenvalue weighted by molar-refractivity contribution is 9.11. The van der Waals surface area contributed by atoms with Crippen LogP contribution in [0.4, 0.5) is 8.87 Å². The van der Waals surface area contributed by atoms with Gasteiger partial charge in [-0.15, -0.1) is 4.39 Å². The van der Waals surface area contributed by atoms with Crippen molar-refractivity contribution in [3.05, 3.63) is 63.6 Å². The summed E-state index contributed by atoms with van der Waals surface area (Å²) in [5.41, 5.74) is 2.96. The smallest absolute Gasteiger partial charge is 0.423 e. The van der Waals surface area contributed by atoms with Crippen LogP contribution in [0.1, 0.15) is 90.9 Å². The molecule has 0 radical (unpaired) electrons. The molecule has 44 heavy (non-hydrogen) atoms. The van der Waals surface area contributed by atoms with E-state index in [1.165, 1.54) is 51.4 Å². The summed E-state index contributed by atoms with van der Waals surface area (Å²) in [6.45, 7) is 5.69. The summed E-state index contributed by atoms with van der Waals surface area (Å²) in [7, 11) is 0. The Labute approximate surface area is 276 Å². The summed E-state index contributed by atoms with van der Waals surface area (Å²) in [6.07, 6.45) is 14.2. The predicted octanol–water partition coefficient (Wildman–Crippen LogP) is 11.1. The molecule has 0 saturated heterocycles. The molecule has 0 fully saturated rings. The van der Waals surface area contributed by atoms with Gasteiger partial charge in [0.15, 0.2) is 9.99 Å². The summed E-state index contributed by atoms with van der Waals surface area (Å²) in [5.74, 6) is 0.347. The van der Waals surface area contributed by atoms with Gasteiger partial charge in [0, 0.05) is 27.1 Å². The first-order valence-electron chi connectivity index (χ1n) is 15.9. The van der Waals surface area contributed by atoms with Gasteiger partial charge in [-0.05, 0) is 53.0 Å². The van der Waals surface area contributed by atoms with Crippen LogP contribution < -0.4 is 14.3 Å². The van der Waals surface area contributed by atoms with E-state index in [2.05, 4.69) is 45.7 Å². The predicted molar refractivity (Wildman–Crippen MR) is 180 cm³/mol. The fraction of sp³-hybridized carbons (Fsp3) is 0.457. The van der Waals surface area contributed by atoms with Gasteiger partial charge in [0.25, 0.3) is 0 Å². The molecule has 0 N–H and O–H groups in total. The number of rotatable bonds is 18.